The minimum Gasteiger partial charge on any atom is -0.314 e. The minimum absolute atomic E-state index is 0.154. The molecular weight excluding hydrogens is 230 g/mol. The summed E-state index contributed by atoms with van der Waals surface area (Å²) >= 11 is 1.84. The van der Waals surface area contributed by atoms with Crippen LogP contribution in [0.2, 0.25) is 0 Å². The standard InChI is InChI=1S/C13H23N3S/c1-13(2,16-8-6-15-7-9-16)12(14-3)11-5-4-10-17-11/h4-5,10,12,14-15H,6-9H2,1-3H3. The zero-order valence-corrected chi connectivity index (χ0v) is 11.8. The van der Waals surface area contributed by atoms with Crippen molar-refractivity contribution < 1.29 is 0 Å². The second-order valence-electron chi connectivity index (χ2n) is 5.13. The van der Waals surface area contributed by atoms with Crippen LogP contribution >= 0.6 is 11.3 Å². The van der Waals surface area contributed by atoms with Gasteiger partial charge in [0.05, 0.1) is 6.04 Å². The third-order valence-electron chi connectivity index (χ3n) is 3.75. The van der Waals surface area contributed by atoms with Gasteiger partial charge in [-0.25, -0.2) is 0 Å². The summed E-state index contributed by atoms with van der Waals surface area (Å²) in [4.78, 5) is 4.01. The largest absolute Gasteiger partial charge is 0.314 e. The first-order valence-electron chi connectivity index (χ1n) is 6.32. The molecule has 0 aromatic carbocycles. The van der Waals surface area contributed by atoms with E-state index in [-0.39, 0.29) is 5.54 Å². The lowest BCUT2D eigenvalue weighted by molar-refractivity contribution is 0.0710. The fraction of sp³-hybridized carbons (Fsp3) is 0.692. The molecule has 17 heavy (non-hydrogen) atoms. The average molecular weight is 253 g/mol. The Morgan fingerprint density at radius 1 is 1.41 bits per heavy atom. The number of rotatable bonds is 4. The number of thiophene rings is 1. The smallest absolute Gasteiger partial charge is 0.0594 e. The molecule has 4 heteroatoms. The van der Waals surface area contributed by atoms with Crippen LogP contribution in [0.25, 0.3) is 0 Å². The van der Waals surface area contributed by atoms with Gasteiger partial charge in [-0.05, 0) is 32.3 Å². The Balaban J connectivity index is 2.16. The van der Waals surface area contributed by atoms with Gasteiger partial charge < -0.3 is 10.6 Å². The summed E-state index contributed by atoms with van der Waals surface area (Å²) < 4.78 is 0. The maximum Gasteiger partial charge on any atom is 0.0594 e. The first-order chi connectivity index (χ1) is 8.16. The average Bonchev–Trinajstić information content (AvgIpc) is 2.84. The number of likely N-dealkylation sites (N-methyl/N-ethyl adjacent to an activating group) is 1. The lowest BCUT2D eigenvalue weighted by Gasteiger charge is -2.45. The van der Waals surface area contributed by atoms with Crippen LogP contribution in [0.4, 0.5) is 0 Å². The van der Waals surface area contributed by atoms with Gasteiger partial charge in [-0.1, -0.05) is 6.07 Å². The van der Waals surface area contributed by atoms with E-state index in [1.807, 2.05) is 11.3 Å². The molecule has 1 atom stereocenters. The predicted molar refractivity (Wildman–Crippen MR) is 74.6 cm³/mol. The second kappa shape index (κ2) is 5.48. The Morgan fingerprint density at radius 3 is 2.65 bits per heavy atom. The molecule has 0 aliphatic carbocycles. The summed E-state index contributed by atoms with van der Waals surface area (Å²) in [6.07, 6.45) is 0. The summed E-state index contributed by atoms with van der Waals surface area (Å²) in [5.74, 6) is 0. The van der Waals surface area contributed by atoms with Crippen molar-refractivity contribution in [3.63, 3.8) is 0 Å². The van der Waals surface area contributed by atoms with E-state index in [4.69, 9.17) is 0 Å². The van der Waals surface area contributed by atoms with Gasteiger partial charge >= 0.3 is 0 Å². The highest BCUT2D eigenvalue weighted by atomic mass is 32.1. The molecule has 0 amide bonds. The van der Waals surface area contributed by atoms with E-state index in [2.05, 4.69) is 53.9 Å². The Bertz CT molecular complexity index is 328. The van der Waals surface area contributed by atoms with Gasteiger partial charge in [0, 0.05) is 36.6 Å². The van der Waals surface area contributed by atoms with Gasteiger partial charge in [0.1, 0.15) is 0 Å². The van der Waals surface area contributed by atoms with Crippen molar-refractivity contribution in [2.45, 2.75) is 25.4 Å². The normalized spacial score (nSPS) is 20.4. The Labute approximate surface area is 108 Å². The van der Waals surface area contributed by atoms with E-state index < -0.39 is 0 Å². The number of piperazine rings is 1. The Morgan fingerprint density at radius 2 is 2.12 bits per heavy atom. The molecule has 0 saturated carbocycles. The Hall–Kier alpha value is -0.420. The molecule has 1 aliphatic rings. The molecular formula is C13H23N3S. The van der Waals surface area contributed by atoms with Crippen molar-refractivity contribution in [1.82, 2.24) is 15.5 Å². The lowest BCUT2D eigenvalue weighted by atomic mass is 9.90. The van der Waals surface area contributed by atoms with E-state index in [1.165, 1.54) is 4.88 Å². The van der Waals surface area contributed by atoms with E-state index >= 15 is 0 Å². The van der Waals surface area contributed by atoms with Gasteiger partial charge in [0.15, 0.2) is 0 Å². The van der Waals surface area contributed by atoms with E-state index in [0.29, 0.717) is 6.04 Å². The van der Waals surface area contributed by atoms with Gasteiger partial charge in [-0.15, -0.1) is 11.3 Å². The van der Waals surface area contributed by atoms with Crippen LogP contribution in [-0.4, -0.2) is 43.7 Å². The van der Waals surface area contributed by atoms with Gasteiger partial charge in [-0.2, -0.15) is 0 Å². The number of nitrogens with one attached hydrogen (secondary N) is 2. The highest BCUT2D eigenvalue weighted by molar-refractivity contribution is 7.10. The second-order valence-corrected chi connectivity index (χ2v) is 6.11. The quantitative estimate of drug-likeness (QED) is 0.855. The highest BCUT2D eigenvalue weighted by Crippen LogP contribution is 2.33. The molecule has 1 unspecified atom stereocenters. The van der Waals surface area contributed by atoms with Crippen molar-refractivity contribution in [2.75, 3.05) is 33.2 Å². The fourth-order valence-corrected chi connectivity index (χ4v) is 3.74. The molecule has 2 rings (SSSR count). The Kier molecular flexibility index (Phi) is 4.20. The van der Waals surface area contributed by atoms with Crippen molar-refractivity contribution in [3.8, 4) is 0 Å². The summed E-state index contributed by atoms with van der Waals surface area (Å²) in [5, 5.41) is 9.07. The SMILES string of the molecule is CNC(c1cccs1)C(C)(C)N1CCNCC1. The maximum absolute atomic E-state index is 3.49. The molecule has 1 aliphatic heterocycles. The van der Waals surface area contributed by atoms with E-state index in [1.54, 1.807) is 0 Å². The fourth-order valence-electron chi connectivity index (χ4n) is 2.72. The van der Waals surface area contributed by atoms with Crippen LogP contribution in [0.5, 0.6) is 0 Å². The predicted octanol–water partition coefficient (Wildman–Crippen LogP) is 1.69. The van der Waals surface area contributed by atoms with Crippen LogP contribution < -0.4 is 10.6 Å². The van der Waals surface area contributed by atoms with Crippen LogP contribution in [0.3, 0.4) is 0 Å². The maximum atomic E-state index is 3.49. The molecule has 96 valence electrons. The lowest BCUT2D eigenvalue weighted by Crippen LogP contribution is -2.57. The zero-order valence-electron chi connectivity index (χ0n) is 11.0. The number of hydrogen-bond donors (Lipinski definition) is 2. The minimum atomic E-state index is 0.154. The summed E-state index contributed by atoms with van der Waals surface area (Å²) in [7, 11) is 2.06. The van der Waals surface area contributed by atoms with Crippen molar-refractivity contribution in [1.29, 1.82) is 0 Å². The van der Waals surface area contributed by atoms with Crippen molar-refractivity contribution >= 4 is 11.3 Å². The summed E-state index contributed by atoms with van der Waals surface area (Å²) in [6.45, 7) is 9.17. The van der Waals surface area contributed by atoms with Gasteiger partial charge in [-0.3, -0.25) is 4.90 Å². The van der Waals surface area contributed by atoms with E-state index in [0.717, 1.165) is 26.2 Å². The van der Waals surface area contributed by atoms with Crippen LogP contribution in [-0.2, 0) is 0 Å². The molecule has 0 bridgehead atoms. The van der Waals surface area contributed by atoms with Crippen molar-refractivity contribution in [2.24, 2.45) is 0 Å². The van der Waals surface area contributed by atoms with Gasteiger partial charge in [0.2, 0.25) is 0 Å². The molecule has 3 nitrogen and oxygen atoms in total. The molecule has 1 saturated heterocycles. The first kappa shape index (κ1) is 13.0. The van der Waals surface area contributed by atoms with Crippen LogP contribution in [0.1, 0.15) is 24.8 Å². The molecule has 0 radical (unpaired) electrons. The summed E-state index contributed by atoms with van der Waals surface area (Å²) in [6, 6.07) is 4.77. The van der Waals surface area contributed by atoms with Gasteiger partial charge in [0.25, 0.3) is 0 Å². The van der Waals surface area contributed by atoms with Crippen LogP contribution in [0.15, 0.2) is 17.5 Å². The summed E-state index contributed by atoms with van der Waals surface area (Å²) in [5.41, 5.74) is 0.154. The first-order valence-corrected chi connectivity index (χ1v) is 7.20. The van der Waals surface area contributed by atoms with Crippen LogP contribution in [0, 0.1) is 0 Å². The highest BCUT2D eigenvalue weighted by Gasteiger charge is 2.36. The third kappa shape index (κ3) is 2.71. The topological polar surface area (TPSA) is 27.3 Å². The molecule has 1 aromatic rings. The monoisotopic (exact) mass is 253 g/mol. The molecule has 2 heterocycles. The number of nitrogens with zero attached hydrogens (tertiary/aromatic N) is 1. The molecule has 0 spiro atoms. The molecule has 2 N–H and O–H groups in total. The molecule has 1 fully saturated rings. The zero-order chi connectivity index (χ0) is 12.3. The molecule has 1 aromatic heterocycles. The third-order valence-corrected chi connectivity index (χ3v) is 4.69. The van der Waals surface area contributed by atoms with Crippen molar-refractivity contribution in [3.05, 3.63) is 22.4 Å². The number of hydrogen-bond acceptors (Lipinski definition) is 4. The van der Waals surface area contributed by atoms with E-state index in [9.17, 15) is 0 Å².